The number of amides is 2. The molecule has 2 aromatic rings. The van der Waals surface area contributed by atoms with Crippen LogP contribution in [-0.2, 0) is 35.5 Å². The van der Waals surface area contributed by atoms with Gasteiger partial charge in [-0.3, -0.25) is 9.59 Å². The van der Waals surface area contributed by atoms with Crippen molar-refractivity contribution in [1.29, 1.82) is 0 Å². The maximum Gasteiger partial charge on any atom is 0.223 e. The molecule has 0 radical (unpaired) electrons. The molecule has 1 aliphatic heterocycles. The molecule has 5 nitrogen and oxygen atoms in total. The summed E-state index contributed by atoms with van der Waals surface area (Å²) >= 11 is 0. The second-order valence-electron chi connectivity index (χ2n) is 7.92. The van der Waals surface area contributed by atoms with E-state index in [4.69, 9.17) is 0 Å². The Morgan fingerprint density at radius 2 is 1.74 bits per heavy atom. The second kappa shape index (κ2) is 7.59. The van der Waals surface area contributed by atoms with Crippen molar-refractivity contribution in [2.24, 2.45) is 11.8 Å². The summed E-state index contributed by atoms with van der Waals surface area (Å²) in [5, 5.41) is 2.71. The van der Waals surface area contributed by atoms with E-state index in [-0.39, 0.29) is 17.7 Å². The zero-order valence-electron chi connectivity index (χ0n) is 15.9. The number of nitrogens with zero attached hydrogens (tertiary/aromatic N) is 2. The van der Waals surface area contributed by atoms with E-state index < -0.39 is 0 Å². The molecule has 1 aliphatic carbocycles. The Morgan fingerprint density at radius 3 is 2.44 bits per heavy atom. The number of benzene rings is 1. The molecule has 27 heavy (non-hydrogen) atoms. The molecule has 2 amide bonds. The molecule has 0 spiro atoms. The lowest BCUT2D eigenvalue weighted by molar-refractivity contribution is -0.134. The number of hydrogen-bond donors (Lipinski definition) is 1. The highest BCUT2D eigenvalue weighted by Gasteiger charge is 2.29. The van der Waals surface area contributed by atoms with E-state index in [0.29, 0.717) is 31.8 Å². The molecule has 0 bridgehead atoms. The van der Waals surface area contributed by atoms with Gasteiger partial charge in [0.1, 0.15) is 0 Å². The molecule has 1 aromatic heterocycles. The van der Waals surface area contributed by atoms with Crippen molar-refractivity contribution in [3.8, 4) is 0 Å². The Balaban J connectivity index is 1.45. The third kappa shape index (κ3) is 3.92. The fourth-order valence-corrected chi connectivity index (χ4v) is 4.53. The SMILES string of the molecule is CNC(=O)CC1CN(C(=O)CC2Cc3ccccc3C2)Cc2cccn2C1. The maximum absolute atomic E-state index is 13.1. The molecule has 4 rings (SSSR count). The van der Waals surface area contributed by atoms with Crippen LogP contribution in [-0.4, -0.2) is 34.9 Å². The normalized spacial score (nSPS) is 19.3. The van der Waals surface area contributed by atoms with Gasteiger partial charge in [-0.05, 0) is 42.0 Å². The molecule has 2 heterocycles. The van der Waals surface area contributed by atoms with Crippen molar-refractivity contribution in [3.05, 3.63) is 59.4 Å². The van der Waals surface area contributed by atoms with Gasteiger partial charge in [-0.25, -0.2) is 0 Å². The first-order valence-electron chi connectivity index (χ1n) is 9.81. The van der Waals surface area contributed by atoms with Crippen molar-refractivity contribution < 1.29 is 9.59 Å². The number of aromatic nitrogens is 1. The molecule has 0 saturated heterocycles. The average molecular weight is 365 g/mol. The van der Waals surface area contributed by atoms with Gasteiger partial charge in [0, 0.05) is 50.8 Å². The fourth-order valence-electron chi connectivity index (χ4n) is 4.53. The van der Waals surface area contributed by atoms with Crippen LogP contribution in [0.5, 0.6) is 0 Å². The maximum atomic E-state index is 13.1. The first kappa shape index (κ1) is 17.8. The van der Waals surface area contributed by atoms with Crippen LogP contribution < -0.4 is 5.32 Å². The Hall–Kier alpha value is -2.56. The summed E-state index contributed by atoms with van der Waals surface area (Å²) in [6, 6.07) is 12.6. The lowest BCUT2D eigenvalue weighted by Crippen LogP contribution is -2.36. The van der Waals surface area contributed by atoms with Crippen molar-refractivity contribution in [2.45, 2.75) is 38.8 Å². The van der Waals surface area contributed by atoms with E-state index >= 15 is 0 Å². The minimum Gasteiger partial charge on any atom is -0.359 e. The lowest BCUT2D eigenvalue weighted by atomic mass is 10.00. The first-order valence-corrected chi connectivity index (χ1v) is 9.81. The van der Waals surface area contributed by atoms with Crippen molar-refractivity contribution >= 4 is 11.8 Å². The van der Waals surface area contributed by atoms with Crippen molar-refractivity contribution in [3.63, 3.8) is 0 Å². The highest BCUT2D eigenvalue weighted by atomic mass is 16.2. The predicted molar refractivity (Wildman–Crippen MR) is 104 cm³/mol. The van der Waals surface area contributed by atoms with Crippen LogP contribution in [0.25, 0.3) is 0 Å². The predicted octanol–water partition coefficient (Wildman–Crippen LogP) is 2.39. The van der Waals surface area contributed by atoms with E-state index in [0.717, 1.165) is 25.1 Å². The number of nitrogens with one attached hydrogen (secondary N) is 1. The van der Waals surface area contributed by atoms with Crippen LogP contribution in [0.4, 0.5) is 0 Å². The smallest absolute Gasteiger partial charge is 0.223 e. The van der Waals surface area contributed by atoms with Crippen LogP contribution >= 0.6 is 0 Å². The topological polar surface area (TPSA) is 54.3 Å². The molecular formula is C22H27N3O2. The Labute approximate surface area is 160 Å². The number of fused-ring (bicyclic) bond motifs is 2. The standard InChI is InChI=1S/C22H27N3O2/c1-23-21(26)11-17-13-24-8-4-7-20(24)15-25(14-17)22(27)12-16-9-18-5-2-3-6-19(18)10-16/h2-8,16-17H,9-15H2,1H3,(H,23,26). The summed E-state index contributed by atoms with van der Waals surface area (Å²) < 4.78 is 2.19. The van der Waals surface area contributed by atoms with E-state index in [9.17, 15) is 9.59 Å². The average Bonchev–Trinajstić information content (AvgIpc) is 3.23. The third-order valence-corrected chi connectivity index (χ3v) is 5.91. The van der Waals surface area contributed by atoms with Crippen LogP contribution in [0.1, 0.15) is 29.7 Å². The highest BCUT2D eigenvalue weighted by Crippen LogP contribution is 2.30. The van der Waals surface area contributed by atoms with Gasteiger partial charge in [0.15, 0.2) is 0 Å². The largest absolute Gasteiger partial charge is 0.359 e. The summed E-state index contributed by atoms with van der Waals surface area (Å²) in [4.78, 5) is 27.0. The lowest BCUT2D eigenvalue weighted by Gasteiger charge is -2.25. The highest BCUT2D eigenvalue weighted by molar-refractivity contribution is 5.77. The van der Waals surface area contributed by atoms with Gasteiger partial charge in [-0.15, -0.1) is 0 Å². The summed E-state index contributed by atoms with van der Waals surface area (Å²) in [6.07, 6.45) is 5.07. The van der Waals surface area contributed by atoms with Gasteiger partial charge in [0.25, 0.3) is 0 Å². The molecule has 142 valence electrons. The Kier molecular flexibility index (Phi) is 5.01. The quantitative estimate of drug-likeness (QED) is 0.905. The fraction of sp³-hybridized carbons (Fsp3) is 0.455. The van der Waals surface area contributed by atoms with Crippen molar-refractivity contribution in [2.75, 3.05) is 13.6 Å². The molecule has 1 unspecified atom stereocenters. The second-order valence-corrected chi connectivity index (χ2v) is 7.92. The van der Waals surface area contributed by atoms with Gasteiger partial charge in [0.2, 0.25) is 11.8 Å². The Morgan fingerprint density at radius 1 is 1.00 bits per heavy atom. The molecule has 0 saturated carbocycles. The van der Waals surface area contributed by atoms with E-state index in [1.807, 2.05) is 17.2 Å². The summed E-state index contributed by atoms with van der Waals surface area (Å²) in [5.41, 5.74) is 3.92. The van der Waals surface area contributed by atoms with Gasteiger partial charge in [-0.1, -0.05) is 24.3 Å². The minimum absolute atomic E-state index is 0.0363. The third-order valence-electron chi connectivity index (χ3n) is 5.91. The van der Waals surface area contributed by atoms with Gasteiger partial charge < -0.3 is 14.8 Å². The minimum atomic E-state index is 0.0363. The molecule has 0 fully saturated rings. The van der Waals surface area contributed by atoms with Crippen molar-refractivity contribution in [1.82, 2.24) is 14.8 Å². The zero-order valence-corrected chi connectivity index (χ0v) is 15.9. The number of carbonyl (C=O) groups is 2. The first-order chi connectivity index (χ1) is 13.1. The summed E-state index contributed by atoms with van der Waals surface area (Å²) in [7, 11) is 1.67. The summed E-state index contributed by atoms with van der Waals surface area (Å²) in [6.45, 7) is 2.07. The molecule has 5 heteroatoms. The summed E-state index contributed by atoms with van der Waals surface area (Å²) in [5.74, 6) is 0.782. The molecule has 2 aliphatic rings. The van der Waals surface area contributed by atoms with Crippen LogP contribution in [0.3, 0.4) is 0 Å². The van der Waals surface area contributed by atoms with Gasteiger partial charge in [-0.2, -0.15) is 0 Å². The molecule has 1 aromatic carbocycles. The van der Waals surface area contributed by atoms with Crippen LogP contribution in [0.15, 0.2) is 42.6 Å². The number of hydrogen-bond acceptors (Lipinski definition) is 2. The molecule has 1 atom stereocenters. The Bertz CT molecular complexity index is 817. The van der Waals surface area contributed by atoms with E-state index in [1.54, 1.807) is 7.05 Å². The monoisotopic (exact) mass is 365 g/mol. The van der Waals surface area contributed by atoms with Gasteiger partial charge in [0.05, 0.1) is 6.54 Å². The number of carbonyl (C=O) groups excluding carboxylic acids is 2. The van der Waals surface area contributed by atoms with Crippen LogP contribution in [0.2, 0.25) is 0 Å². The van der Waals surface area contributed by atoms with Gasteiger partial charge >= 0.3 is 0 Å². The molecular weight excluding hydrogens is 338 g/mol. The van der Waals surface area contributed by atoms with E-state index in [2.05, 4.69) is 40.2 Å². The van der Waals surface area contributed by atoms with Crippen LogP contribution in [0, 0.1) is 11.8 Å². The molecule has 1 N–H and O–H groups in total. The van der Waals surface area contributed by atoms with E-state index in [1.165, 1.54) is 11.1 Å². The number of rotatable bonds is 4. The zero-order chi connectivity index (χ0) is 18.8.